The van der Waals surface area contributed by atoms with Crippen molar-refractivity contribution in [3.63, 3.8) is 0 Å². The first-order chi connectivity index (χ1) is 13.9. The Morgan fingerprint density at radius 2 is 1.90 bits per heavy atom. The van der Waals surface area contributed by atoms with Crippen LogP contribution in [0.25, 0.3) is 6.08 Å². The van der Waals surface area contributed by atoms with Gasteiger partial charge in [-0.05, 0) is 67.1 Å². The van der Waals surface area contributed by atoms with E-state index in [9.17, 15) is 14.0 Å². The summed E-state index contributed by atoms with van der Waals surface area (Å²) >= 11 is 4.40. The molecule has 0 aliphatic carbocycles. The minimum absolute atomic E-state index is 0.180. The molecule has 0 unspecified atom stereocenters. The Morgan fingerprint density at radius 1 is 1.14 bits per heavy atom. The van der Waals surface area contributed by atoms with Crippen molar-refractivity contribution in [2.45, 2.75) is 20.5 Å². The molecular formula is C21H19BrFNO4S. The van der Waals surface area contributed by atoms with Crippen LogP contribution in [0.4, 0.5) is 9.18 Å². The van der Waals surface area contributed by atoms with E-state index in [0.29, 0.717) is 45.2 Å². The highest BCUT2D eigenvalue weighted by atomic mass is 79.9. The van der Waals surface area contributed by atoms with E-state index in [1.54, 1.807) is 37.3 Å². The molecule has 5 nitrogen and oxygen atoms in total. The van der Waals surface area contributed by atoms with Gasteiger partial charge in [-0.3, -0.25) is 14.5 Å². The fourth-order valence-electron chi connectivity index (χ4n) is 2.74. The Hall–Kier alpha value is -2.32. The molecule has 1 saturated heterocycles. The molecule has 152 valence electrons. The van der Waals surface area contributed by atoms with E-state index >= 15 is 0 Å². The minimum atomic E-state index is -0.325. The van der Waals surface area contributed by atoms with Crippen molar-refractivity contribution in [3.8, 4) is 11.5 Å². The highest BCUT2D eigenvalue weighted by Gasteiger charge is 2.33. The smallest absolute Gasteiger partial charge is 0.293 e. The van der Waals surface area contributed by atoms with Gasteiger partial charge in [0.05, 0.1) is 11.5 Å². The van der Waals surface area contributed by atoms with Gasteiger partial charge < -0.3 is 9.47 Å². The lowest BCUT2D eigenvalue weighted by Crippen LogP contribution is -2.27. The van der Waals surface area contributed by atoms with Crippen LogP contribution in [0.3, 0.4) is 0 Å². The summed E-state index contributed by atoms with van der Waals surface area (Å²) in [5.41, 5.74) is 1.38. The summed E-state index contributed by atoms with van der Waals surface area (Å²) < 4.78 is 25.6. The molecule has 0 saturated carbocycles. The van der Waals surface area contributed by atoms with Gasteiger partial charge in [0.25, 0.3) is 11.1 Å². The van der Waals surface area contributed by atoms with Crippen LogP contribution in [0.5, 0.6) is 11.5 Å². The highest BCUT2D eigenvalue weighted by Crippen LogP contribution is 2.38. The predicted octanol–water partition coefficient (Wildman–Crippen LogP) is 5.62. The molecule has 1 aliphatic rings. The number of nitrogens with zero attached hydrogens (tertiary/aromatic N) is 1. The normalized spacial score (nSPS) is 15.3. The minimum Gasteiger partial charge on any atom is -0.490 e. The van der Waals surface area contributed by atoms with Crippen molar-refractivity contribution in [1.29, 1.82) is 0 Å². The number of ether oxygens (including phenoxy) is 2. The van der Waals surface area contributed by atoms with Gasteiger partial charge in [0.2, 0.25) is 0 Å². The van der Waals surface area contributed by atoms with Crippen molar-refractivity contribution in [2.75, 3.05) is 13.2 Å². The zero-order chi connectivity index (χ0) is 21.0. The second kappa shape index (κ2) is 9.45. The summed E-state index contributed by atoms with van der Waals surface area (Å²) in [5, 5.41) is -0.278. The van der Waals surface area contributed by atoms with E-state index < -0.39 is 0 Å². The first-order valence-corrected chi connectivity index (χ1v) is 10.6. The third-order valence-electron chi connectivity index (χ3n) is 4.12. The summed E-state index contributed by atoms with van der Waals surface area (Å²) in [4.78, 5) is 25.8. The van der Waals surface area contributed by atoms with Gasteiger partial charge in [0, 0.05) is 11.0 Å². The van der Waals surface area contributed by atoms with Gasteiger partial charge in [-0.25, -0.2) is 4.39 Å². The average molecular weight is 480 g/mol. The number of likely N-dealkylation sites (N-methyl/N-ethyl adjacent to an activating group) is 1. The molecule has 2 amide bonds. The number of rotatable bonds is 7. The van der Waals surface area contributed by atoms with Crippen LogP contribution in [-0.4, -0.2) is 29.2 Å². The average Bonchev–Trinajstić information content (AvgIpc) is 2.95. The van der Waals surface area contributed by atoms with Crippen LogP contribution in [0.15, 0.2) is 45.8 Å². The summed E-state index contributed by atoms with van der Waals surface area (Å²) in [5.74, 6) is 0.349. The molecule has 0 atom stereocenters. The Morgan fingerprint density at radius 3 is 2.55 bits per heavy atom. The molecule has 0 aromatic heterocycles. The first kappa shape index (κ1) is 21.4. The van der Waals surface area contributed by atoms with E-state index in [1.165, 1.54) is 17.0 Å². The predicted molar refractivity (Wildman–Crippen MR) is 114 cm³/mol. The lowest BCUT2D eigenvalue weighted by Gasteiger charge is -2.14. The Balaban J connectivity index is 1.87. The molecule has 1 aliphatic heterocycles. The maximum Gasteiger partial charge on any atom is 0.293 e. The first-order valence-electron chi connectivity index (χ1n) is 9.01. The van der Waals surface area contributed by atoms with Crippen LogP contribution >= 0.6 is 27.7 Å². The van der Waals surface area contributed by atoms with Gasteiger partial charge in [-0.2, -0.15) is 0 Å². The molecular weight excluding hydrogens is 461 g/mol. The molecule has 1 heterocycles. The number of hydrogen-bond donors (Lipinski definition) is 0. The number of thioether (sulfide) groups is 1. The molecule has 2 aromatic carbocycles. The van der Waals surface area contributed by atoms with Gasteiger partial charge in [-0.15, -0.1) is 0 Å². The van der Waals surface area contributed by atoms with Crippen molar-refractivity contribution < 1.29 is 23.5 Å². The van der Waals surface area contributed by atoms with Gasteiger partial charge in [-0.1, -0.05) is 28.1 Å². The topological polar surface area (TPSA) is 55.8 Å². The second-order valence-corrected chi connectivity index (χ2v) is 7.95. The van der Waals surface area contributed by atoms with Gasteiger partial charge in [0.1, 0.15) is 12.4 Å². The fourth-order valence-corrected chi connectivity index (χ4v) is 4.07. The second-order valence-electron chi connectivity index (χ2n) is 6.10. The van der Waals surface area contributed by atoms with Gasteiger partial charge >= 0.3 is 0 Å². The largest absolute Gasteiger partial charge is 0.490 e. The Kier molecular flexibility index (Phi) is 6.97. The quantitative estimate of drug-likeness (QED) is 0.482. The van der Waals surface area contributed by atoms with Crippen LogP contribution in [-0.2, 0) is 11.4 Å². The highest BCUT2D eigenvalue weighted by molar-refractivity contribution is 9.10. The fraction of sp³-hybridized carbons (Fsp3) is 0.238. The lowest BCUT2D eigenvalue weighted by molar-refractivity contribution is -0.122. The molecule has 1 fully saturated rings. The van der Waals surface area contributed by atoms with Crippen LogP contribution in [0, 0.1) is 5.82 Å². The maximum atomic E-state index is 13.4. The summed E-state index contributed by atoms with van der Waals surface area (Å²) in [6.45, 7) is 4.54. The molecule has 3 rings (SSSR count). The van der Waals surface area contributed by atoms with Crippen LogP contribution < -0.4 is 9.47 Å². The number of halogens is 2. The standard InChI is InChI=1S/C21H19BrFNO4S/c1-3-24-20(25)19(29-21(24)26)10-14-9-17(27-4-2)18(11-16(14)22)28-12-13-6-5-7-15(23)8-13/h5-11H,3-4,12H2,1-2H3/b19-10+. The number of benzene rings is 2. The summed E-state index contributed by atoms with van der Waals surface area (Å²) in [7, 11) is 0. The van der Waals surface area contributed by atoms with Crippen molar-refractivity contribution in [2.24, 2.45) is 0 Å². The maximum absolute atomic E-state index is 13.4. The van der Waals surface area contributed by atoms with Crippen LogP contribution in [0.1, 0.15) is 25.0 Å². The zero-order valence-corrected chi connectivity index (χ0v) is 18.3. The van der Waals surface area contributed by atoms with E-state index in [-0.39, 0.29) is 23.6 Å². The third kappa shape index (κ3) is 5.00. The number of carbonyl (C=O) groups is 2. The zero-order valence-electron chi connectivity index (χ0n) is 15.9. The van der Waals surface area contributed by atoms with Crippen molar-refractivity contribution in [1.82, 2.24) is 4.90 Å². The summed E-state index contributed by atoms with van der Waals surface area (Å²) in [6.07, 6.45) is 1.66. The molecule has 0 spiro atoms. The lowest BCUT2D eigenvalue weighted by atomic mass is 10.1. The molecule has 0 N–H and O–H groups in total. The van der Waals surface area contributed by atoms with Crippen molar-refractivity contribution >= 4 is 44.9 Å². The van der Waals surface area contributed by atoms with E-state index in [0.717, 1.165) is 11.8 Å². The number of hydrogen-bond acceptors (Lipinski definition) is 5. The summed E-state index contributed by atoms with van der Waals surface area (Å²) in [6, 6.07) is 9.67. The number of carbonyl (C=O) groups excluding carboxylic acids is 2. The number of imide groups is 1. The molecule has 2 aromatic rings. The van der Waals surface area contributed by atoms with E-state index in [1.807, 2.05) is 6.92 Å². The monoisotopic (exact) mass is 479 g/mol. The Labute approximate surface area is 181 Å². The number of amides is 2. The van der Waals surface area contributed by atoms with Gasteiger partial charge in [0.15, 0.2) is 11.5 Å². The van der Waals surface area contributed by atoms with E-state index in [4.69, 9.17) is 9.47 Å². The third-order valence-corrected chi connectivity index (χ3v) is 5.72. The van der Waals surface area contributed by atoms with Crippen LogP contribution in [0.2, 0.25) is 0 Å². The molecule has 0 radical (unpaired) electrons. The SMILES string of the molecule is CCOc1cc(/C=C2/SC(=O)N(CC)C2=O)c(Br)cc1OCc1cccc(F)c1. The molecule has 0 bridgehead atoms. The van der Waals surface area contributed by atoms with Crippen molar-refractivity contribution in [3.05, 3.63) is 62.7 Å². The molecule has 29 heavy (non-hydrogen) atoms. The Bertz CT molecular complexity index is 979. The molecule has 8 heteroatoms. The van der Waals surface area contributed by atoms with E-state index in [2.05, 4.69) is 15.9 Å².